The van der Waals surface area contributed by atoms with Gasteiger partial charge in [-0.1, -0.05) is 24.4 Å². The molecule has 2 aliphatic rings. The molecular weight excluding hydrogens is 326 g/mol. The van der Waals surface area contributed by atoms with Crippen molar-refractivity contribution in [1.82, 2.24) is 15.0 Å². The van der Waals surface area contributed by atoms with Gasteiger partial charge in [0.15, 0.2) is 11.0 Å². The van der Waals surface area contributed by atoms with Crippen molar-refractivity contribution in [2.75, 3.05) is 11.4 Å². The van der Waals surface area contributed by atoms with E-state index in [1.54, 1.807) is 6.20 Å². The lowest BCUT2D eigenvalue weighted by molar-refractivity contribution is 0.540. The second kappa shape index (κ2) is 5.46. The van der Waals surface area contributed by atoms with Crippen molar-refractivity contribution in [1.29, 1.82) is 0 Å². The predicted octanol–water partition coefficient (Wildman–Crippen LogP) is 4.24. The number of fused-ring (bicyclic) bond motifs is 2. The molecule has 4 nitrogen and oxygen atoms in total. The van der Waals surface area contributed by atoms with Gasteiger partial charge in [0.2, 0.25) is 5.28 Å². The van der Waals surface area contributed by atoms with E-state index in [4.69, 9.17) is 23.2 Å². The highest BCUT2D eigenvalue weighted by molar-refractivity contribution is 6.30. The van der Waals surface area contributed by atoms with E-state index in [9.17, 15) is 4.39 Å². The van der Waals surface area contributed by atoms with Gasteiger partial charge < -0.3 is 4.90 Å². The number of nitrogens with zero attached hydrogens (tertiary/aromatic N) is 4. The maximum atomic E-state index is 14.2. The third-order valence-electron chi connectivity index (χ3n) is 4.63. The van der Waals surface area contributed by atoms with Gasteiger partial charge in [0, 0.05) is 18.8 Å². The Kier molecular flexibility index (Phi) is 3.57. The van der Waals surface area contributed by atoms with Crippen molar-refractivity contribution < 1.29 is 4.39 Å². The minimum Gasteiger partial charge on any atom is -0.353 e. The van der Waals surface area contributed by atoms with Crippen LogP contribution in [0.1, 0.15) is 32.1 Å². The van der Waals surface area contributed by atoms with E-state index in [0.29, 0.717) is 23.2 Å². The fraction of sp³-hybridized carbons (Fsp3) is 0.533. The van der Waals surface area contributed by atoms with E-state index < -0.39 is 5.82 Å². The fourth-order valence-electron chi connectivity index (χ4n) is 3.43. The summed E-state index contributed by atoms with van der Waals surface area (Å²) in [6.07, 6.45) is 7.60. The summed E-state index contributed by atoms with van der Waals surface area (Å²) in [6, 6.07) is 0.480. The molecule has 1 saturated carbocycles. The Morgan fingerprint density at radius 2 is 2.05 bits per heavy atom. The molecule has 2 atom stereocenters. The standard InChI is InChI=1S/C15H15Cl2FN4/c16-13-11(18)12-9(7-19-13)14(21-15(17)20-12)22-5-3-1-2-4-8-6-10(8)22/h7-8,10H,1-6H2. The largest absolute Gasteiger partial charge is 0.353 e. The Balaban J connectivity index is 1.85. The van der Waals surface area contributed by atoms with Gasteiger partial charge in [-0.15, -0.1) is 0 Å². The molecule has 3 heterocycles. The lowest BCUT2D eigenvalue weighted by Gasteiger charge is -2.27. The number of aromatic nitrogens is 3. The molecule has 1 saturated heterocycles. The molecule has 0 N–H and O–H groups in total. The van der Waals surface area contributed by atoms with Crippen molar-refractivity contribution in [2.45, 2.75) is 38.1 Å². The first-order valence-electron chi connectivity index (χ1n) is 7.59. The summed E-state index contributed by atoms with van der Waals surface area (Å²) in [5.41, 5.74) is 0.147. The van der Waals surface area contributed by atoms with Crippen LogP contribution in [0.3, 0.4) is 0 Å². The summed E-state index contributed by atoms with van der Waals surface area (Å²) in [5, 5.41) is 0.436. The molecule has 0 aromatic carbocycles. The molecule has 2 fully saturated rings. The van der Waals surface area contributed by atoms with Gasteiger partial charge in [-0.05, 0) is 36.8 Å². The highest BCUT2D eigenvalue weighted by Crippen LogP contribution is 2.44. The number of hydrogen-bond donors (Lipinski definition) is 0. The molecule has 2 aromatic heterocycles. The Bertz CT molecular complexity index is 739. The van der Waals surface area contributed by atoms with Crippen LogP contribution in [0.2, 0.25) is 10.4 Å². The van der Waals surface area contributed by atoms with Crippen LogP contribution in [0.15, 0.2) is 6.20 Å². The average Bonchev–Trinajstić information content (AvgIpc) is 3.22. The maximum Gasteiger partial charge on any atom is 0.225 e. The van der Waals surface area contributed by atoms with E-state index in [0.717, 1.165) is 13.0 Å². The number of pyridine rings is 1. The SMILES string of the molecule is Fc1c(Cl)ncc2c(N3CCCCCC4CC43)nc(Cl)nc12. The maximum absolute atomic E-state index is 14.2. The van der Waals surface area contributed by atoms with Gasteiger partial charge in [0.25, 0.3) is 0 Å². The number of hydrogen-bond acceptors (Lipinski definition) is 4. The van der Waals surface area contributed by atoms with Crippen LogP contribution < -0.4 is 4.90 Å². The Hall–Kier alpha value is -1.20. The smallest absolute Gasteiger partial charge is 0.225 e. The van der Waals surface area contributed by atoms with E-state index in [2.05, 4.69) is 19.9 Å². The molecule has 1 aliphatic heterocycles. The zero-order valence-corrected chi connectivity index (χ0v) is 13.4. The lowest BCUT2D eigenvalue weighted by Crippen LogP contribution is -2.30. The van der Waals surface area contributed by atoms with Crippen molar-refractivity contribution in [3.63, 3.8) is 0 Å². The van der Waals surface area contributed by atoms with Crippen LogP contribution in [0, 0.1) is 11.7 Å². The van der Waals surface area contributed by atoms with Crippen LogP contribution in [-0.2, 0) is 0 Å². The predicted molar refractivity (Wildman–Crippen MR) is 85.0 cm³/mol. The van der Waals surface area contributed by atoms with Crippen molar-refractivity contribution in [2.24, 2.45) is 5.92 Å². The van der Waals surface area contributed by atoms with Gasteiger partial charge in [-0.3, -0.25) is 0 Å². The van der Waals surface area contributed by atoms with Crippen LogP contribution in [0.4, 0.5) is 10.2 Å². The number of anilines is 1. The molecule has 2 aromatic rings. The molecule has 0 amide bonds. The van der Waals surface area contributed by atoms with Gasteiger partial charge in [0.05, 0.1) is 5.39 Å². The summed E-state index contributed by atoms with van der Waals surface area (Å²) in [5.74, 6) is 0.769. The zero-order valence-electron chi connectivity index (χ0n) is 11.9. The Morgan fingerprint density at radius 1 is 1.18 bits per heavy atom. The molecule has 2 unspecified atom stereocenters. The zero-order chi connectivity index (χ0) is 15.3. The first-order chi connectivity index (χ1) is 10.6. The monoisotopic (exact) mass is 340 g/mol. The molecule has 0 spiro atoms. The molecule has 1 aliphatic carbocycles. The Labute approximate surface area is 137 Å². The second-order valence-corrected chi connectivity index (χ2v) is 6.74. The third-order valence-corrected chi connectivity index (χ3v) is 5.06. The van der Waals surface area contributed by atoms with Gasteiger partial charge >= 0.3 is 0 Å². The summed E-state index contributed by atoms with van der Waals surface area (Å²) in [4.78, 5) is 14.5. The first-order valence-corrected chi connectivity index (χ1v) is 8.34. The molecule has 4 rings (SSSR count). The minimum atomic E-state index is -0.635. The topological polar surface area (TPSA) is 41.9 Å². The highest BCUT2D eigenvalue weighted by atomic mass is 35.5. The van der Waals surface area contributed by atoms with Crippen LogP contribution in [0.5, 0.6) is 0 Å². The summed E-state index contributed by atoms with van der Waals surface area (Å²) in [6.45, 7) is 0.911. The second-order valence-electron chi connectivity index (χ2n) is 6.05. The summed E-state index contributed by atoms with van der Waals surface area (Å²) >= 11 is 11.8. The van der Waals surface area contributed by atoms with E-state index >= 15 is 0 Å². The van der Waals surface area contributed by atoms with E-state index in [1.807, 2.05) is 0 Å². The van der Waals surface area contributed by atoms with Gasteiger partial charge in [0.1, 0.15) is 11.3 Å². The molecule has 0 bridgehead atoms. The fourth-order valence-corrected chi connectivity index (χ4v) is 3.73. The normalized spacial score (nSPS) is 24.8. The first kappa shape index (κ1) is 14.4. The molecular formula is C15H15Cl2FN4. The summed E-state index contributed by atoms with van der Waals surface area (Å²) in [7, 11) is 0. The summed E-state index contributed by atoms with van der Waals surface area (Å²) < 4.78 is 14.2. The van der Waals surface area contributed by atoms with Crippen LogP contribution >= 0.6 is 23.2 Å². The minimum absolute atomic E-state index is 0.0444. The molecule has 22 heavy (non-hydrogen) atoms. The third kappa shape index (κ3) is 2.40. The number of halogens is 3. The molecule has 0 radical (unpaired) electrons. The van der Waals surface area contributed by atoms with Crippen LogP contribution in [0.25, 0.3) is 10.9 Å². The molecule has 7 heteroatoms. The van der Waals surface area contributed by atoms with Crippen molar-refractivity contribution in [3.8, 4) is 0 Å². The van der Waals surface area contributed by atoms with E-state index in [-0.39, 0.29) is 16.0 Å². The Morgan fingerprint density at radius 3 is 2.91 bits per heavy atom. The van der Waals surface area contributed by atoms with E-state index in [1.165, 1.54) is 25.7 Å². The van der Waals surface area contributed by atoms with Gasteiger partial charge in [-0.2, -0.15) is 4.98 Å². The number of rotatable bonds is 1. The average molecular weight is 341 g/mol. The lowest BCUT2D eigenvalue weighted by atomic mass is 10.1. The molecule has 116 valence electrons. The van der Waals surface area contributed by atoms with Crippen molar-refractivity contribution >= 4 is 39.9 Å². The van der Waals surface area contributed by atoms with Crippen LogP contribution in [-0.4, -0.2) is 27.5 Å². The van der Waals surface area contributed by atoms with Crippen molar-refractivity contribution in [3.05, 3.63) is 22.5 Å². The highest BCUT2D eigenvalue weighted by Gasteiger charge is 2.43. The van der Waals surface area contributed by atoms with Gasteiger partial charge in [-0.25, -0.2) is 14.4 Å². The quantitative estimate of drug-likeness (QED) is 0.575.